The Morgan fingerprint density at radius 1 is 0.533 bits per heavy atom. The largest absolute Gasteiger partial charge is 1.00 e. The van der Waals surface area contributed by atoms with E-state index in [1.54, 1.807) is 0 Å². The van der Waals surface area contributed by atoms with Crippen molar-refractivity contribution in [2.75, 3.05) is 0 Å². The molecule has 0 bridgehead atoms. The molecule has 0 saturated heterocycles. The summed E-state index contributed by atoms with van der Waals surface area (Å²) in [6.45, 7) is 0. The van der Waals surface area contributed by atoms with E-state index in [0.29, 0.717) is 0 Å². The van der Waals surface area contributed by atoms with Crippen molar-refractivity contribution in [1.29, 1.82) is 0 Å². The zero-order valence-electron chi connectivity index (χ0n) is 9.77. The Balaban J connectivity index is 0.000000640. The Bertz CT molecular complexity index is 499. The van der Waals surface area contributed by atoms with Crippen molar-refractivity contribution < 1.29 is 52.8 Å². The van der Waals surface area contributed by atoms with Gasteiger partial charge in [0.15, 0.2) is 0 Å². The van der Waals surface area contributed by atoms with Gasteiger partial charge in [-0.2, -0.15) is 0 Å². The van der Waals surface area contributed by atoms with Crippen LogP contribution in [0.5, 0.6) is 0 Å². The standard InChI is InChI=1S/C14H10.K.H/c1-2-6-12-10-14-8-4-3-7-13(14)9-11(12)5-1;;/h1-10H;;/q;+1;-1. The molecule has 1 heteroatoms. The van der Waals surface area contributed by atoms with Gasteiger partial charge in [0.25, 0.3) is 0 Å². The van der Waals surface area contributed by atoms with Crippen molar-refractivity contribution in [1.82, 2.24) is 0 Å². The topological polar surface area (TPSA) is 0 Å². The molecule has 15 heavy (non-hydrogen) atoms. The van der Waals surface area contributed by atoms with Gasteiger partial charge in [-0.05, 0) is 33.7 Å². The van der Waals surface area contributed by atoms with Crippen LogP contribution in [-0.4, -0.2) is 0 Å². The predicted octanol–water partition coefficient (Wildman–Crippen LogP) is 1.11. The van der Waals surface area contributed by atoms with Crippen LogP contribution in [0.15, 0.2) is 60.7 Å². The molecule has 0 unspecified atom stereocenters. The first-order valence-electron chi connectivity index (χ1n) is 4.81. The van der Waals surface area contributed by atoms with Crippen LogP contribution in [0, 0.1) is 0 Å². The number of fused-ring (bicyclic) bond motifs is 2. The van der Waals surface area contributed by atoms with Crippen LogP contribution in [0.1, 0.15) is 1.43 Å². The molecule has 3 aromatic rings. The summed E-state index contributed by atoms with van der Waals surface area (Å²) in [6.07, 6.45) is 0. The Labute approximate surface area is 133 Å². The van der Waals surface area contributed by atoms with E-state index in [9.17, 15) is 0 Å². The monoisotopic (exact) mass is 218 g/mol. The summed E-state index contributed by atoms with van der Waals surface area (Å²) in [5.41, 5.74) is 0. The second-order valence-corrected chi connectivity index (χ2v) is 3.55. The first-order valence-corrected chi connectivity index (χ1v) is 4.81. The van der Waals surface area contributed by atoms with Gasteiger partial charge in [0.2, 0.25) is 0 Å². The zero-order chi connectivity index (χ0) is 9.38. The van der Waals surface area contributed by atoms with Gasteiger partial charge in [-0.3, -0.25) is 0 Å². The third-order valence-electron chi connectivity index (χ3n) is 2.61. The molecule has 0 aliphatic carbocycles. The summed E-state index contributed by atoms with van der Waals surface area (Å²) >= 11 is 0. The van der Waals surface area contributed by atoms with Gasteiger partial charge in [-0.1, -0.05) is 48.5 Å². The molecule has 3 rings (SSSR count). The van der Waals surface area contributed by atoms with Crippen molar-refractivity contribution in [3.8, 4) is 0 Å². The van der Waals surface area contributed by atoms with Crippen LogP contribution >= 0.6 is 0 Å². The van der Waals surface area contributed by atoms with E-state index in [-0.39, 0.29) is 52.8 Å². The summed E-state index contributed by atoms with van der Waals surface area (Å²) in [7, 11) is 0. The molecule has 0 spiro atoms. The maximum atomic E-state index is 2.24. The molecule has 68 valence electrons. The summed E-state index contributed by atoms with van der Waals surface area (Å²) in [5.74, 6) is 0. The van der Waals surface area contributed by atoms with Crippen LogP contribution in [0.4, 0.5) is 0 Å². The second-order valence-electron chi connectivity index (χ2n) is 3.55. The molecule has 0 nitrogen and oxygen atoms in total. The molecule has 0 fully saturated rings. The molecule has 0 amide bonds. The Morgan fingerprint density at radius 2 is 0.800 bits per heavy atom. The first kappa shape index (κ1) is 11.3. The molecule has 0 aromatic heterocycles. The summed E-state index contributed by atoms with van der Waals surface area (Å²) < 4.78 is 0. The van der Waals surface area contributed by atoms with Gasteiger partial charge in [-0.25, -0.2) is 0 Å². The van der Waals surface area contributed by atoms with Gasteiger partial charge < -0.3 is 1.43 Å². The van der Waals surface area contributed by atoms with Gasteiger partial charge in [-0.15, -0.1) is 0 Å². The van der Waals surface area contributed by atoms with Gasteiger partial charge >= 0.3 is 51.4 Å². The average Bonchev–Trinajstić information content (AvgIpc) is 2.26. The van der Waals surface area contributed by atoms with E-state index < -0.39 is 0 Å². The van der Waals surface area contributed by atoms with Gasteiger partial charge in [0.1, 0.15) is 0 Å². The van der Waals surface area contributed by atoms with Crippen LogP contribution < -0.4 is 51.4 Å². The maximum absolute atomic E-state index is 2.24. The van der Waals surface area contributed by atoms with Crippen molar-refractivity contribution in [3.05, 3.63) is 60.7 Å². The van der Waals surface area contributed by atoms with Crippen molar-refractivity contribution in [3.63, 3.8) is 0 Å². The third kappa shape index (κ3) is 2.17. The molecule has 0 aliphatic heterocycles. The Kier molecular flexibility index (Phi) is 3.59. The van der Waals surface area contributed by atoms with E-state index in [1.165, 1.54) is 21.5 Å². The van der Waals surface area contributed by atoms with Crippen molar-refractivity contribution in [2.45, 2.75) is 0 Å². The van der Waals surface area contributed by atoms with E-state index in [4.69, 9.17) is 0 Å². The quantitative estimate of drug-likeness (QED) is 0.392. The summed E-state index contributed by atoms with van der Waals surface area (Å²) in [6, 6.07) is 21.4. The average molecular weight is 218 g/mol. The van der Waals surface area contributed by atoms with E-state index in [1.807, 2.05) is 0 Å². The Morgan fingerprint density at radius 3 is 1.07 bits per heavy atom. The molecule has 0 atom stereocenters. The molecule has 0 N–H and O–H groups in total. The van der Waals surface area contributed by atoms with E-state index >= 15 is 0 Å². The minimum absolute atomic E-state index is 0. The normalized spacial score (nSPS) is 10.1. The van der Waals surface area contributed by atoms with Crippen molar-refractivity contribution >= 4 is 21.5 Å². The summed E-state index contributed by atoms with van der Waals surface area (Å²) in [5, 5.41) is 5.25. The number of hydrogen-bond donors (Lipinski definition) is 0. The molecule has 0 heterocycles. The van der Waals surface area contributed by atoms with Crippen molar-refractivity contribution in [2.24, 2.45) is 0 Å². The molecular weight excluding hydrogens is 207 g/mol. The third-order valence-corrected chi connectivity index (χ3v) is 2.61. The molecular formula is C14H11K. The van der Waals surface area contributed by atoms with E-state index in [0.717, 1.165) is 0 Å². The molecule has 0 aliphatic rings. The smallest absolute Gasteiger partial charge is 1.00 e. The van der Waals surface area contributed by atoms with Gasteiger partial charge in [0, 0.05) is 0 Å². The first-order chi connectivity index (χ1) is 6.93. The van der Waals surface area contributed by atoms with Gasteiger partial charge in [0.05, 0.1) is 0 Å². The van der Waals surface area contributed by atoms with Crippen LogP contribution in [-0.2, 0) is 0 Å². The SMILES string of the molecule is [H-].[K+].c1ccc2cc3ccccc3cc2c1. The molecule has 3 aromatic carbocycles. The minimum atomic E-state index is 0. The maximum Gasteiger partial charge on any atom is 1.00 e. The number of benzene rings is 3. The second kappa shape index (κ2) is 4.77. The molecule has 0 radical (unpaired) electrons. The summed E-state index contributed by atoms with van der Waals surface area (Å²) in [4.78, 5) is 0. The fourth-order valence-corrected chi connectivity index (χ4v) is 1.88. The fraction of sp³-hybridized carbons (Fsp3) is 0. The van der Waals surface area contributed by atoms with Crippen LogP contribution in [0.25, 0.3) is 21.5 Å². The number of rotatable bonds is 0. The number of hydrogen-bond acceptors (Lipinski definition) is 0. The zero-order valence-corrected chi connectivity index (χ0v) is 11.9. The predicted molar refractivity (Wildman–Crippen MR) is 62.6 cm³/mol. The Hall–Kier alpha value is -0.184. The van der Waals surface area contributed by atoms with Crippen LogP contribution in [0.2, 0.25) is 0 Å². The minimum Gasteiger partial charge on any atom is -1.00 e. The molecule has 0 saturated carbocycles. The van der Waals surface area contributed by atoms with Crippen LogP contribution in [0.3, 0.4) is 0 Å². The fourth-order valence-electron chi connectivity index (χ4n) is 1.88. The van der Waals surface area contributed by atoms with E-state index in [2.05, 4.69) is 60.7 Å².